The SMILES string of the molecule is CCc1cc(=O)[nH]c2cc(NC(=O)CCn3cnc4ccccc4c3=O)ccc12. The maximum atomic E-state index is 12.5. The molecule has 1 amide bonds. The van der Waals surface area contributed by atoms with Gasteiger partial charge in [-0.05, 0) is 36.2 Å². The van der Waals surface area contributed by atoms with Crippen LogP contribution >= 0.6 is 0 Å². The number of para-hydroxylation sites is 1. The third-order valence-corrected chi connectivity index (χ3v) is 4.90. The standard InChI is InChI=1S/C22H20N4O3/c1-2-14-11-21(28)25-19-12-15(7-8-16(14)19)24-20(27)9-10-26-13-23-18-6-4-3-5-17(18)22(26)29/h3-8,11-13H,2,9-10H2,1H3,(H,24,27)(H,25,28). The minimum Gasteiger partial charge on any atom is -0.326 e. The zero-order valence-corrected chi connectivity index (χ0v) is 15.9. The second kappa shape index (κ2) is 7.71. The van der Waals surface area contributed by atoms with Crippen LogP contribution in [0, 0.1) is 0 Å². The quantitative estimate of drug-likeness (QED) is 0.549. The highest BCUT2D eigenvalue weighted by molar-refractivity contribution is 5.94. The number of H-pyrrole nitrogens is 1. The monoisotopic (exact) mass is 388 g/mol. The molecular weight excluding hydrogens is 368 g/mol. The number of hydrogen-bond acceptors (Lipinski definition) is 4. The van der Waals surface area contributed by atoms with Crippen LogP contribution in [0.4, 0.5) is 5.69 Å². The van der Waals surface area contributed by atoms with Gasteiger partial charge in [-0.2, -0.15) is 0 Å². The molecule has 2 aromatic heterocycles. The summed E-state index contributed by atoms with van der Waals surface area (Å²) in [6.07, 6.45) is 2.34. The van der Waals surface area contributed by atoms with Gasteiger partial charge < -0.3 is 10.3 Å². The predicted molar refractivity (Wildman–Crippen MR) is 113 cm³/mol. The fraction of sp³-hybridized carbons (Fsp3) is 0.182. The molecule has 4 rings (SSSR count). The molecule has 2 heterocycles. The summed E-state index contributed by atoms with van der Waals surface area (Å²) in [5.74, 6) is -0.224. The average Bonchev–Trinajstić information content (AvgIpc) is 2.72. The van der Waals surface area contributed by atoms with E-state index < -0.39 is 0 Å². The summed E-state index contributed by atoms with van der Waals surface area (Å²) in [6.45, 7) is 2.22. The first-order chi connectivity index (χ1) is 14.0. The number of nitrogens with one attached hydrogen (secondary N) is 2. The number of rotatable bonds is 5. The van der Waals surface area contributed by atoms with Crippen LogP contribution in [0.1, 0.15) is 18.9 Å². The summed E-state index contributed by atoms with van der Waals surface area (Å²) in [5.41, 5.74) is 2.54. The molecule has 0 atom stereocenters. The van der Waals surface area contributed by atoms with E-state index in [4.69, 9.17) is 0 Å². The second-order valence-electron chi connectivity index (χ2n) is 6.83. The average molecular weight is 388 g/mol. The van der Waals surface area contributed by atoms with E-state index in [0.29, 0.717) is 22.1 Å². The van der Waals surface area contributed by atoms with Crippen molar-refractivity contribution in [3.8, 4) is 0 Å². The lowest BCUT2D eigenvalue weighted by molar-refractivity contribution is -0.116. The zero-order valence-electron chi connectivity index (χ0n) is 15.9. The fourth-order valence-electron chi connectivity index (χ4n) is 3.41. The van der Waals surface area contributed by atoms with Crippen molar-refractivity contribution in [3.05, 3.63) is 81.1 Å². The van der Waals surface area contributed by atoms with Crippen molar-refractivity contribution >= 4 is 33.4 Å². The van der Waals surface area contributed by atoms with Crippen LogP contribution in [-0.4, -0.2) is 20.4 Å². The molecule has 2 aromatic carbocycles. The Bertz CT molecular complexity index is 1340. The third kappa shape index (κ3) is 3.80. The number of hydrogen-bond donors (Lipinski definition) is 2. The Kier molecular flexibility index (Phi) is 4.95. The Labute approximate surface area is 166 Å². The molecule has 4 aromatic rings. The van der Waals surface area contributed by atoms with Gasteiger partial charge in [0.1, 0.15) is 0 Å². The van der Waals surface area contributed by atoms with Crippen LogP contribution in [0.15, 0.2) is 64.4 Å². The number of amides is 1. The smallest absolute Gasteiger partial charge is 0.261 e. The first-order valence-corrected chi connectivity index (χ1v) is 9.45. The summed E-state index contributed by atoms with van der Waals surface area (Å²) in [6, 6.07) is 14.2. The van der Waals surface area contributed by atoms with Gasteiger partial charge in [0.25, 0.3) is 5.56 Å². The number of carbonyl (C=O) groups is 1. The van der Waals surface area contributed by atoms with Crippen molar-refractivity contribution in [1.29, 1.82) is 0 Å². The Morgan fingerprint density at radius 3 is 2.76 bits per heavy atom. The highest BCUT2D eigenvalue weighted by Gasteiger charge is 2.08. The molecule has 0 spiro atoms. The molecule has 0 aliphatic rings. The van der Waals surface area contributed by atoms with E-state index in [-0.39, 0.29) is 30.0 Å². The summed E-state index contributed by atoms with van der Waals surface area (Å²) in [7, 11) is 0. The molecule has 0 aliphatic heterocycles. The van der Waals surface area contributed by atoms with Gasteiger partial charge in [0.2, 0.25) is 11.5 Å². The Morgan fingerprint density at radius 2 is 1.93 bits per heavy atom. The molecule has 0 bridgehead atoms. The Morgan fingerprint density at radius 1 is 1.10 bits per heavy atom. The molecule has 146 valence electrons. The third-order valence-electron chi connectivity index (χ3n) is 4.90. The fourth-order valence-corrected chi connectivity index (χ4v) is 3.41. The van der Waals surface area contributed by atoms with E-state index in [1.165, 1.54) is 10.9 Å². The normalized spacial score (nSPS) is 11.1. The van der Waals surface area contributed by atoms with Gasteiger partial charge in [-0.15, -0.1) is 0 Å². The summed E-state index contributed by atoms with van der Waals surface area (Å²) >= 11 is 0. The minimum atomic E-state index is -0.224. The van der Waals surface area contributed by atoms with E-state index in [1.54, 1.807) is 30.3 Å². The minimum absolute atomic E-state index is 0.128. The first kappa shape index (κ1) is 18.6. The highest BCUT2D eigenvalue weighted by Crippen LogP contribution is 2.20. The van der Waals surface area contributed by atoms with Crippen LogP contribution in [0.25, 0.3) is 21.8 Å². The van der Waals surface area contributed by atoms with Gasteiger partial charge >= 0.3 is 0 Å². The summed E-state index contributed by atoms with van der Waals surface area (Å²) in [4.78, 5) is 43.7. The molecular formula is C22H20N4O3. The van der Waals surface area contributed by atoms with Crippen molar-refractivity contribution in [2.24, 2.45) is 0 Å². The molecule has 0 saturated carbocycles. The van der Waals surface area contributed by atoms with E-state index in [9.17, 15) is 14.4 Å². The van der Waals surface area contributed by atoms with Crippen molar-refractivity contribution in [1.82, 2.24) is 14.5 Å². The number of benzene rings is 2. The van der Waals surface area contributed by atoms with E-state index in [1.807, 2.05) is 25.1 Å². The number of fused-ring (bicyclic) bond motifs is 2. The van der Waals surface area contributed by atoms with Gasteiger partial charge in [-0.1, -0.05) is 25.1 Å². The second-order valence-corrected chi connectivity index (χ2v) is 6.83. The molecule has 0 fully saturated rings. The van der Waals surface area contributed by atoms with Crippen molar-refractivity contribution in [2.45, 2.75) is 26.3 Å². The first-order valence-electron chi connectivity index (χ1n) is 9.45. The lowest BCUT2D eigenvalue weighted by atomic mass is 10.1. The number of aromatic amines is 1. The lowest BCUT2D eigenvalue weighted by Gasteiger charge is -2.09. The Balaban J connectivity index is 1.49. The number of pyridine rings is 1. The molecule has 0 unspecified atom stereocenters. The van der Waals surface area contributed by atoms with Crippen LogP contribution in [0.3, 0.4) is 0 Å². The molecule has 7 heteroatoms. The van der Waals surface area contributed by atoms with E-state index >= 15 is 0 Å². The summed E-state index contributed by atoms with van der Waals surface area (Å²) in [5, 5.41) is 4.31. The maximum absolute atomic E-state index is 12.5. The molecule has 0 aliphatic carbocycles. The van der Waals surface area contributed by atoms with Crippen LogP contribution in [-0.2, 0) is 17.8 Å². The van der Waals surface area contributed by atoms with Crippen molar-refractivity contribution in [2.75, 3.05) is 5.32 Å². The number of anilines is 1. The molecule has 0 radical (unpaired) electrons. The van der Waals surface area contributed by atoms with E-state index in [2.05, 4.69) is 15.3 Å². The van der Waals surface area contributed by atoms with Gasteiger partial charge in [-0.25, -0.2) is 4.98 Å². The van der Waals surface area contributed by atoms with Crippen LogP contribution in [0.2, 0.25) is 0 Å². The largest absolute Gasteiger partial charge is 0.326 e. The van der Waals surface area contributed by atoms with Crippen molar-refractivity contribution in [3.63, 3.8) is 0 Å². The number of carbonyl (C=O) groups excluding carboxylic acids is 1. The number of nitrogens with zero attached hydrogens (tertiary/aromatic N) is 2. The number of aromatic nitrogens is 3. The Hall–Kier alpha value is -3.74. The van der Waals surface area contributed by atoms with E-state index in [0.717, 1.165) is 17.4 Å². The molecule has 2 N–H and O–H groups in total. The molecule has 7 nitrogen and oxygen atoms in total. The van der Waals surface area contributed by atoms with Gasteiger partial charge in [0.05, 0.1) is 22.7 Å². The maximum Gasteiger partial charge on any atom is 0.261 e. The summed E-state index contributed by atoms with van der Waals surface area (Å²) < 4.78 is 1.44. The van der Waals surface area contributed by atoms with Gasteiger partial charge in [-0.3, -0.25) is 19.0 Å². The van der Waals surface area contributed by atoms with Crippen LogP contribution < -0.4 is 16.4 Å². The van der Waals surface area contributed by atoms with Gasteiger partial charge in [0, 0.05) is 30.1 Å². The topological polar surface area (TPSA) is 96.8 Å². The number of aryl methyl sites for hydroxylation is 2. The van der Waals surface area contributed by atoms with Gasteiger partial charge in [0.15, 0.2) is 0 Å². The van der Waals surface area contributed by atoms with Crippen molar-refractivity contribution < 1.29 is 4.79 Å². The predicted octanol–water partition coefficient (Wildman–Crippen LogP) is 2.83. The zero-order chi connectivity index (χ0) is 20.4. The molecule has 0 saturated heterocycles. The molecule has 29 heavy (non-hydrogen) atoms. The lowest BCUT2D eigenvalue weighted by Crippen LogP contribution is -2.23. The van der Waals surface area contributed by atoms with Crippen LogP contribution in [0.5, 0.6) is 0 Å². The highest BCUT2D eigenvalue weighted by atomic mass is 16.2.